The molecule has 0 saturated carbocycles. The zero-order chi connectivity index (χ0) is 11.8. The Balaban J connectivity index is 2.44. The Morgan fingerprint density at radius 3 is 2.50 bits per heavy atom. The fourth-order valence-electron chi connectivity index (χ4n) is 1.15. The highest BCUT2D eigenvalue weighted by Gasteiger charge is 2.30. The number of alkyl halides is 3. The Morgan fingerprint density at radius 1 is 1.19 bits per heavy atom. The van der Waals surface area contributed by atoms with Gasteiger partial charge in [0.05, 0.1) is 5.56 Å². The van der Waals surface area contributed by atoms with Crippen molar-refractivity contribution >= 4 is 0 Å². The van der Waals surface area contributed by atoms with E-state index in [2.05, 4.69) is 14.6 Å². The molecule has 2 aromatic rings. The van der Waals surface area contributed by atoms with E-state index < -0.39 is 17.8 Å². The first kappa shape index (κ1) is 10.5. The summed E-state index contributed by atoms with van der Waals surface area (Å²) in [4.78, 5) is 0. The average Bonchev–Trinajstić information content (AvgIpc) is 2.64. The largest absolute Gasteiger partial charge is 0.459 e. The average molecular weight is 229 g/mol. The van der Waals surface area contributed by atoms with Crippen molar-refractivity contribution in [3.8, 4) is 17.5 Å². The topological polar surface area (TPSA) is 58.8 Å². The van der Waals surface area contributed by atoms with Gasteiger partial charge in [0.1, 0.15) is 0 Å². The molecule has 16 heavy (non-hydrogen) atoms. The molecule has 1 radical (unpaired) electrons. The molecule has 4 nitrogen and oxygen atoms in total. The van der Waals surface area contributed by atoms with Crippen LogP contribution in [0, 0.1) is 0 Å². The summed E-state index contributed by atoms with van der Waals surface area (Å²) in [7, 11) is 0. The van der Waals surface area contributed by atoms with Crippen molar-refractivity contribution in [1.29, 1.82) is 0 Å². The molecule has 0 amide bonds. The predicted octanol–water partition coefficient (Wildman–Crippen LogP) is 2.90. The maximum atomic E-state index is 12.4. The molecule has 0 unspecified atom stereocenters. The number of aromatic nitrogens is 2. The molecule has 0 aliphatic heterocycles. The van der Waals surface area contributed by atoms with Crippen molar-refractivity contribution in [3.05, 3.63) is 29.8 Å². The Labute approximate surface area is 87.3 Å². The van der Waals surface area contributed by atoms with Crippen molar-refractivity contribution in [1.82, 2.24) is 10.2 Å². The third-order valence-electron chi connectivity index (χ3n) is 1.84. The lowest BCUT2D eigenvalue weighted by Crippen LogP contribution is -2.04. The van der Waals surface area contributed by atoms with Crippen LogP contribution in [0.1, 0.15) is 5.56 Å². The van der Waals surface area contributed by atoms with Crippen LogP contribution in [0.4, 0.5) is 13.2 Å². The molecule has 0 fully saturated rings. The monoisotopic (exact) mass is 229 g/mol. The summed E-state index contributed by atoms with van der Waals surface area (Å²) in [5.74, 6) is -0.226. The molecule has 0 aliphatic carbocycles. The summed E-state index contributed by atoms with van der Waals surface area (Å²) in [5.41, 5.74) is -0.778. The lowest BCUT2D eigenvalue weighted by molar-refractivity contribution is -0.137. The lowest BCUT2D eigenvalue weighted by Gasteiger charge is -2.06. The van der Waals surface area contributed by atoms with Gasteiger partial charge in [-0.15, -0.1) is 5.10 Å². The zero-order valence-corrected chi connectivity index (χ0v) is 7.65. The van der Waals surface area contributed by atoms with Crippen molar-refractivity contribution in [2.75, 3.05) is 0 Å². The number of halogens is 3. The Kier molecular flexibility index (Phi) is 2.30. The number of hydrogen-bond donors (Lipinski definition) is 0. The van der Waals surface area contributed by atoms with Crippen molar-refractivity contribution in [3.63, 3.8) is 0 Å². The number of hydrogen-bond acceptors (Lipinski definition) is 3. The zero-order valence-electron chi connectivity index (χ0n) is 7.65. The minimum atomic E-state index is -4.45. The standard InChI is InChI=1S/C9H4F3N2O2/c10-9(11,12)6-3-1-2-5(4-6)7-13-14-8(15)16-7/h1-4H. The fourth-order valence-corrected chi connectivity index (χ4v) is 1.15. The van der Waals surface area contributed by atoms with Crippen LogP contribution in [0.3, 0.4) is 0 Å². The number of nitrogens with zero attached hydrogens (tertiary/aromatic N) is 2. The molecular formula is C9H4F3N2O2. The smallest absolute Gasteiger partial charge is 0.386 e. The highest BCUT2D eigenvalue weighted by Crippen LogP contribution is 2.32. The second kappa shape index (κ2) is 3.51. The van der Waals surface area contributed by atoms with Crippen LogP contribution in [-0.4, -0.2) is 10.2 Å². The molecule has 0 spiro atoms. The van der Waals surface area contributed by atoms with Gasteiger partial charge in [0.15, 0.2) is 0 Å². The lowest BCUT2D eigenvalue weighted by atomic mass is 10.1. The summed E-state index contributed by atoms with van der Waals surface area (Å²) in [6.07, 6.45) is -5.39. The molecule has 7 heteroatoms. The summed E-state index contributed by atoms with van der Waals surface area (Å²) in [5, 5.41) is 16.9. The van der Waals surface area contributed by atoms with Crippen LogP contribution in [0.2, 0.25) is 0 Å². The van der Waals surface area contributed by atoms with E-state index >= 15 is 0 Å². The summed E-state index contributed by atoms with van der Waals surface area (Å²) < 4.78 is 41.6. The van der Waals surface area contributed by atoms with Crippen LogP contribution < -0.4 is 0 Å². The number of rotatable bonds is 1. The van der Waals surface area contributed by atoms with E-state index in [0.29, 0.717) is 0 Å². The van der Waals surface area contributed by atoms with E-state index in [1.54, 1.807) is 0 Å². The van der Waals surface area contributed by atoms with E-state index in [1.165, 1.54) is 12.1 Å². The molecule has 0 atom stereocenters. The van der Waals surface area contributed by atoms with Crippen molar-refractivity contribution in [2.24, 2.45) is 0 Å². The minimum absolute atomic E-state index is 0.0597. The highest BCUT2D eigenvalue weighted by atomic mass is 19.4. The van der Waals surface area contributed by atoms with Crippen molar-refractivity contribution < 1.29 is 22.7 Å². The maximum absolute atomic E-state index is 12.4. The molecule has 1 aromatic heterocycles. The molecular weight excluding hydrogens is 225 g/mol. The summed E-state index contributed by atoms with van der Waals surface area (Å²) in [6, 6.07) is 4.31. The molecule has 0 N–H and O–H groups in total. The molecule has 0 bridgehead atoms. The minimum Gasteiger partial charge on any atom is -0.386 e. The van der Waals surface area contributed by atoms with Crippen LogP contribution >= 0.6 is 0 Å². The van der Waals surface area contributed by atoms with Crippen LogP contribution in [-0.2, 0) is 11.3 Å². The van der Waals surface area contributed by atoms with E-state index in [0.717, 1.165) is 12.1 Å². The first-order valence-corrected chi connectivity index (χ1v) is 4.15. The predicted molar refractivity (Wildman–Crippen MR) is 44.9 cm³/mol. The van der Waals surface area contributed by atoms with E-state index in [1.807, 2.05) is 0 Å². The molecule has 1 aromatic carbocycles. The Bertz CT molecular complexity index is 507. The fraction of sp³-hybridized carbons (Fsp3) is 0.111. The van der Waals surface area contributed by atoms with Gasteiger partial charge in [0, 0.05) is 5.56 Å². The highest BCUT2D eigenvalue weighted by molar-refractivity contribution is 5.54. The van der Waals surface area contributed by atoms with Gasteiger partial charge in [-0.1, -0.05) is 11.2 Å². The van der Waals surface area contributed by atoms with E-state index in [9.17, 15) is 18.3 Å². The second-order valence-electron chi connectivity index (χ2n) is 2.95. The first-order valence-electron chi connectivity index (χ1n) is 4.15. The van der Waals surface area contributed by atoms with Gasteiger partial charge < -0.3 is 4.42 Å². The maximum Gasteiger partial charge on any atom is 0.459 e. The quantitative estimate of drug-likeness (QED) is 0.755. The normalized spacial score (nSPS) is 11.7. The van der Waals surface area contributed by atoms with Gasteiger partial charge in [-0.2, -0.15) is 13.2 Å². The van der Waals surface area contributed by atoms with E-state index in [-0.39, 0.29) is 11.5 Å². The van der Waals surface area contributed by atoms with Crippen LogP contribution in [0.5, 0.6) is 6.08 Å². The van der Waals surface area contributed by atoms with Crippen LogP contribution in [0.25, 0.3) is 11.5 Å². The van der Waals surface area contributed by atoms with E-state index in [4.69, 9.17) is 0 Å². The first-order chi connectivity index (χ1) is 7.47. The Morgan fingerprint density at radius 2 is 1.94 bits per heavy atom. The summed E-state index contributed by atoms with van der Waals surface area (Å²) >= 11 is 0. The third-order valence-corrected chi connectivity index (χ3v) is 1.84. The SMILES string of the molecule is [O]c1nnc(-c2cccc(C(F)(F)F)c2)o1. The molecule has 2 rings (SSSR count). The second-order valence-corrected chi connectivity index (χ2v) is 2.95. The van der Waals surface area contributed by atoms with Gasteiger partial charge in [-0.05, 0) is 18.2 Å². The summed E-state index contributed by atoms with van der Waals surface area (Å²) in [6.45, 7) is 0. The van der Waals surface area contributed by atoms with Gasteiger partial charge in [0.25, 0.3) is 5.89 Å². The van der Waals surface area contributed by atoms with Gasteiger partial charge in [-0.3, -0.25) is 0 Å². The Hall–Kier alpha value is -2.05. The molecule has 0 saturated heterocycles. The molecule has 1 heterocycles. The van der Waals surface area contributed by atoms with Gasteiger partial charge in [-0.25, -0.2) is 5.11 Å². The third kappa shape index (κ3) is 1.97. The van der Waals surface area contributed by atoms with Gasteiger partial charge >= 0.3 is 12.3 Å². The molecule has 83 valence electrons. The van der Waals surface area contributed by atoms with Crippen LogP contribution in [0.15, 0.2) is 28.7 Å². The van der Waals surface area contributed by atoms with Gasteiger partial charge in [0.2, 0.25) is 0 Å². The van der Waals surface area contributed by atoms with Crippen molar-refractivity contribution in [2.45, 2.75) is 6.18 Å². The molecule has 0 aliphatic rings. The number of benzene rings is 1.